The summed E-state index contributed by atoms with van der Waals surface area (Å²) in [4.78, 5) is 24.3. The molecule has 98 valence electrons. The van der Waals surface area contributed by atoms with Crippen LogP contribution in [0.25, 0.3) is 0 Å². The number of rotatable bonds is 4. The highest BCUT2D eigenvalue weighted by Gasteiger charge is 2.28. The summed E-state index contributed by atoms with van der Waals surface area (Å²) < 4.78 is 5.35. The van der Waals surface area contributed by atoms with E-state index in [0.29, 0.717) is 19.7 Å². The number of nitrogens with zero attached hydrogens (tertiary/aromatic N) is 1. The molecule has 0 radical (unpaired) electrons. The second-order valence-electron chi connectivity index (χ2n) is 4.27. The van der Waals surface area contributed by atoms with Gasteiger partial charge in [-0.2, -0.15) is 0 Å². The van der Waals surface area contributed by atoms with Crippen molar-refractivity contribution in [1.82, 2.24) is 10.2 Å². The Labute approximate surface area is 101 Å². The lowest BCUT2D eigenvalue weighted by molar-refractivity contribution is -0.146. The number of morpholine rings is 1. The Morgan fingerprint density at radius 2 is 2.24 bits per heavy atom. The molecule has 6 heteroatoms. The number of aliphatic hydroxyl groups excluding tert-OH is 1. The topological polar surface area (TPSA) is 78.9 Å². The average molecular weight is 244 g/mol. The molecule has 2 atom stereocenters. The van der Waals surface area contributed by atoms with Crippen LogP contribution in [0, 0.1) is 0 Å². The van der Waals surface area contributed by atoms with Gasteiger partial charge in [-0.05, 0) is 6.92 Å². The molecule has 2 amide bonds. The van der Waals surface area contributed by atoms with E-state index in [1.807, 2.05) is 6.92 Å². The second kappa shape index (κ2) is 6.56. The van der Waals surface area contributed by atoms with Crippen molar-refractivity contribution in [2.45, 2.75) is 32.4 Å². The molecule has 0 spiro atoms. The molecule has 17 heavy (non-hydrogen) atoms. The minimum Gasteiger partial charge on any atom is -0.394 e. The van der Waals surface area contributed by atoms with Crippen molar-refractivity contribution in [3.8, 4) is 0 Å². The number of nitrogens with one attached hydrogen (secondary N) is 1. The van der Waals surface area contributed by atoms with E-state index < -0.39 is 0 Å². The van der Waals surface area contributed by atoms with Crippen LogP contribution in [0.15, 0.2) is 0 Å². The molecular formula is C11H20N2O4. The van der Waals surface area contributed by atoms with Crippen LogP contribution in [-0.2, 0) is 14.3 Å². The number of aliphatic hydroxyl groups is 1. The summed E-state index contributed by atoms with van der Waals surface area (Å²) in [7, 11) is 0. The molecule has 0 bridgehead atoms. The summed E-state index contributed by atoms with van der Waals surface area (Å²) in [6.07, 6.45) is -0.0156. The van der Waals surface area contributed by atoms with Gasteiger partial charge < -0.3 is 20.1 Å². The highest BCUT2D eigenvalue weighted by Crippen LogP contribution is 2.12. The Hall–Kier alpha value is -1.14. The van der Waals surface area contributed by atoms with Gasteiger partial charge in [0.25, 0.3) is 0 Å². The predicted molar refractivity (Wildman–Crippen MR) is 61.3 cm³/mol. The molecule has 0 aromatic rings. The van der Waals surface area contributed by atoms with Crippen molar-refractivity contribution in [2.75, 3.05) is 26.3 Å². The first-order valence-corrected chi connectivity index (χ1v) is 5.81. The molecule has 1 rings (SSSR count). The van der Waals surface area contributed by atoms with Crippen molar-refractivity contribution >= 4 is 11.8 Å². The van der Waals surface area contributed by atoms with E-state index in [4.69, 9.17) is 9.84 Å². The zero-order valence-electron chi connectivity index (χ0n) is 10.3. The third-order valence-electron chi connectivity index (χ3n) is 2.74. The van der Waals surface area contributed by atoms with Crippen LogP contribution in [-0.4, -0.2) is 60.3 Å². The molecule has 1 fully saturated rings. The first kappa shape index (κ1) is 13.9. The smallest absolute Gasteiger partial charge is 0.224 e. The molecule has 0 aliphatic carbocycles. The fourth-order valence-electron chi connectivity index (χ4n) is 1.76. The summed E-state index contributed by atoms with van der Waals surface area (Å²) in [5.74, 6) is -0.158. The van der Waals surface area contributed by atoms with Crippen molar-refractivity contribution in [2.24, 2.45) is 0 Å². The normalized spacial score (nSPS) is 24.5. The fraction of sp³-hybridized carbons (Fsp3) is 0.818. The minimum absolute atomic E-state index is 0.0163. The minimum atomic E-state index is -0.295. The van der Waals surface area contributed by atoms with Gasteiger partial charge in [-0.3, -0.25) is 9.59 Å². The quantitative estimate of drug-likeness (QED) is 0.673. The Balaban J connectivity index is 2.40. The third kappa shape index (κ3) is 4.32. The van der Waals surface area contributed by atoms with Gasteiger partial charge in [0.15, 0.2) is 0 Å². The van der Waals surface area contributed by atoms with Gasteiger partial charge in [0.05, 0.1) is 25.4 Å². The zero-order chi connectivity index (χ0) is 12.8. The monoisotopic (exact) mass is 244 g/mol. The zero-order valence-corrected chi connectivity index (χ0v) is 10.3. The summed E-state index contributed by atoms with van der Waals surface area (Å²) in [5.41, 5.74) is 0. The van der Waals surface area contributed by atoms with Gasteiger partial charge in [-0.25, -0.2) is 0 Å². The molecule has 1 aliphatic heterocycles. The maximum absolute atomic E-state index is 11.9. The maximum Gasteiger partial charge on any atom is 0.224 e. The number of carbonyl (C=O) groups excluding carboxylic acids is 2. The van der Waals surface area contributed by atoms with E-state index in [1.54, 1.807) is 4.90 Å². The Kier molecular flexibility index (Phi) is 5.37. The second-order valence-corrected chi connectivity index (χ2v) is 4.27. The van der Waals surface area contributed by atoms with E-state index in [1.165, 1.54) is 6.92 Å². The number of carbonyl (C=O) groups is 2. The van der Waals surface area contributed by atoms with Crippen molar-refractivity contribution in [3.63, 3.8) is 0 Å². The Bertz CT molecular complexity index is 283. The average Bonchev–Trinajstić information content (AvgIpc) is 2.29. The van der Waals surface area contributed by atoms with E-state index in [-0.39, 0.29) is 37.0 Å². The fourth-order valence-corrected chi connectivity index (χ4v) is 1.76. The Morgan fingerprint density at radius 3 is 2.82 bits per heavy atom. The van der Waals surface area contributed by atoms with Gasteiger partial charge in [0.2, 0.25) is 11.8 Å². The molecule has 1 heterocycles. The molecule has 1 saturated heterocycles. The molecule has 2 unspecified atom stereocenters. The molecular weight excluding hydrogens is 224 g/mol. The van der Waals surface area contributed by atoms with E-state index >= 15 is 0 Å². The molecule has 6 nitrogen and oxygen atoms in total. The summed E-state index contributed by atoms with van der Waals surface area (Å²) in [6, 6.07) is 0.0163. The van der Waals surface area contributed by atoms with Gasteiger partial charge >= 0.3 is 0 Å². The van der Waals surface area contributed by atoms with Gasteiger partial charge in [-0.1, -0.05) is 0 Å². The van der Waals surface area contributed by atoms with E-state index in [9.17, 15) is 9.59 Å². The Morgan fingerprint density at radius 1 is 1.53 bits per heavy atom. The molecule has 1 aliphatic rings. The standard InChI is InChI=1S/C11H20N2O4/c1-8-7-17-10(6-14)5-13(8)11(16)3-4-12-9(2)15/h8,10,14H,3-7H2,1-2H3,(H,12,15). The van der Waals surface area contributed by atoms with Crippen LogP contribution in [0.5, 0.6) is 0 Å². The van der Waals surface area contributed by atoms with Crippen molar-refractivity contribution < 1.29 is 19.4 Å². The van der Waals surface area contributed by atoms with Crippen molar-refractivity contribution in [3.05, 3.63) is 0 Å². The first-order chi connectivity index (χ1) is 8.04. The lowest BCUT2D eigenvalue weighted by Crippen LogP contribution is -2.52. The number of hydrogen-bond donors (Lipinski definition) is 2. The number of hydrogen-bond acceptors (Lipinski definition) is 4. The molecule has 0 aromatic heterocycles. The van der Waals surface area contributed by atoms with Crippen LogP contribution in [0.1, 0.15) is 20.3 Å². The molecule has 0 aromatic carbocycles. The summed E-state index contributed by atoms with van der Waals surface area (Å²) in [6.45, 7) is 4.45. The van der Waals surface area contributed by atoms with Crippen LogP contribution >= 0.6 is 0 Å². The van der Waals surface area contributed by atoms with E-state index in [0.717, 1.165) is 0 Å². The SMILES string of the molecule is CC(=O)NCCC(=O)N1CC(CO)OCC1C. The maximum atomic E-state index is 11.9. The van der Waals surface area contributed by atoms with Gasteiger partial charge in [-0.15, -0.1) is 0 Å². The van der Waals surface area contributed by atoms with Crippen LogP contribution in [0.3, 0.4) is 0 Å². The highest BCUT2D eigenvalue weighted by molar-refractivity contribution is 5.78. The lowest BCUT2D eigenvalue weighted by atomic mass is 10.2. The van der Waals surface area contributed by atoms with Crippen LogP contribution in [0.4, 0.5) is 0 Å². The van der Waals surface area contributed by atoms with Crippen LogP contribution in [0.2, 0.25) is 0 Å². The number of amides is 2. The molecule has 2 N–H and O–H groups in total. The van der Waals surface area contributed by atoms with Crippen molar-refractivity contribution in [1.29, 1.82) is 0 Å². The first-order valence-electron chi connectivity index (χ1n) is 5.81. The number of ether oxygens (including phenoxy) is 1. The van der Waals surface area contributed by atoms with Gasteiger partial charge in [0, 0.05) is 26.4 Å². The van der Waals surface area contributed by atoms with Crippen LogP contribution < -0.4 is 5.32 Å². The molecule has 0 saturated carbocycles. The third-order valence-corrected chi connectivity index (χ3v) is 2.74. The largest absolute Gasteiger partial charge is 0.394 e. The predicted octanol–water partition coefficient (Wildman–Crippen LogP) is -0.879. The van der Waals surface area contributed by atoms with E-state index in [2.05, 4.69) is 5.32 Å². The summed E-state index contributed by atoms with van der Waals surface area (Å²) in [5, 5.41) is 11.6. The highest BCUT2D eigenvalue weighted by atomic mass is 16.5. The lowest BCUT2D eigenvalue weighted by Gasteiger charge is -2.37. The van der Waals surface area contributed by atoms with Gasteiger partial charge in [0.1, 0.15) is 0 Å². The summed E-state index contributed by atoms with van der Waals surface area (Å²) >= 11 is 0.